The zero-order valence-corrected chi connectivity index (χ0v) is 8.89. The number of nitrogens with zero attached hydrogens (tertiary/aromatic N) is 1. The van der Waals surface area contributed by atoms with Crippen LogP contribution in [0.5, 0.6) is 0 Å². The zero-order valence-electron chi connectivity index (χ0n) is 8.89. The van der Waals surface area contributed by atoms with Gasteiger partial charge in [-0.15, -0.1) is 0 Å². The molecule has 0 bridgehead atoms. The van der Waals surface area contributed by atoms with Crippen LogP contribution in [0.2, 0.25) is 0 Å². The molecule has 86 valence electrons. The van der Waals surface area contributed by atoms with Crippen LogP contribution < -0.4 is 5.32 Å². The van der Waals surface area contributed by atoms with Crippen molar-refractivity contribution >= 4 is 5.69 Å². The van der Waals surface area contributed by atoms with Crippen LogP contribution in [-0.2, 0) is 6.18 Å². The predicted octanol–water partition coefficient (Wildman–Crippen LogP) is 3.40. The number of anilines is 1. The van der Waals surface area contributed by atoms with E-state index in [1.54, 1.807) is 19.9 Å². The predicted molar refractivity (Wildman–Crippen MR) is 54.9 cm³/mol. The summed E-state index contributed by atoms with van der Waals surface area (Å²) in [5.41, 5.74) is -0.948. The monoisotopic (exact) mass is 228 g/mol. The SMILES string of the molecule is CC(C)Nc1c(C#N)cccc1C(F)(F)F. The van der Waals surface area contributed by atoms with Crippen LogP contribution in [0.25, 0.3) is 0 Å². The third kappa shape index (κ3) is 2.66. The molecule has 1 N–H and O–H groups in total. The molecule has 0 saturated carbocycles. The van der Waals surface area contributed by atoms with Gasteiger partial charge in [0, 0.05) is 6.04 Å². The minimum Gasteiger partial charge on any atom is -0.381 e. The Kier molecular flexibility index (Phi) is 3.43. The van der Waals surface area contributed by atoms with Gasteiger partial charge in [0.2, 0.25) is 0 Å². The molecule has 0 saturated heterocycles. The number of benzene rings is 1. The van der Waals surface area contributed by atoms with Crippen LogP contribution in [0.4, 0.5) is 18.9 Å². The molecule has 0 aromatic heterocycles. The first-order valence-electron chi connectivity index (χ1n) is 4.73. The summed E-state index contributed by atoms with van der Waals surface area (Å²) >= 11 is 0. The fourth-order valence-corrected chi connectivity index (χ4v) is 1.33. The molecule has 0 fully saturated rings. The molecule has 16 heavy (non-hydrogen) atoms. The lowest BCUT2D eigenvalue weighted by molar-refractivity contribution is -0.137. The Morgan fingerprint density at radius 3 is 2.38 bits per heavy atom. The first-order chi connectivity index (χ1) is 7.36. The zero-order chi connectivity index (χ0) is 12.3. The normalized spacial score (nSPS) is 11.3. The van der Waals surface area contributed by atoms with Crippen molar-refractivity contribution in [3.63, 3.8) is 0 Å². The van der Waals surface area contributed by atoms with Gasteiger partial charge in [-0.2, -0.15) is 18.4 Å². The van der Waals surface area contributed by atoms with Crippen molar-refractivity contribution in [3.8, 4) is 6.07 Å². The molecule has 0 aliphatic carbocycles. The van der Waals surface area contributed by atoms with Crippen molar-refractivity contribution in [1.82, 2.24) is 0 Å². The second-order valence-corrected chi connectivity index (χ2v) is 3.64. The Morgan fingerprint density at radius 1 is 1.31 bits per heavy atom. The van der Waals surface area contributed by atoms with Crippen molar-refractivity contribution in [2.24, 2.45) is 0 Å². The number of hydrogen-bond acceptors (Lipinski definition) is 2. The van der Waals surface area contributed by atoms with E-state index in [0.29, 0.717) is 0 Å². The molecule has 0 heterocycles. The van der Waals surface area contributed by atoms with Gasteiger partial charge in [-0.3, -0.25) is 0 Å². The first-order valence-corrected chi connectivity index (χ1v) is 4.73. The highest BCUT2D eigenvalue weighted by Gasteiger charge is 2.34. The molecule has 0 spiro atoms. The van der Waals surface area contributed by atoms with Crippen molar-refractivity contribution < 1.29 is 13.2 Å². The van der Waals surface area contributed by atoms with Crippen LogP contribution in [0.1, 0.15) is 25.0 Å². The van der Waals surface area contributed by atoms with E-state index < -0.39 is 11.7 Å². The van der Waals surface area contributed by atoms with Crippen molar-refractivity contribution in [3.05, 3.63) is 29.3 Å². The minimum absolute atomic E-state index is 0.00326. The maximum Gasteiger partial charge on any atom is 0.418 e. The summed E-state index contributed by atoms with van der Waals surface area (Å²) in [6.45, 7) is 3.43. The Morgan fingerprint density at radius 2 is 1.94 bits per heavy atom. The molecule has 1 aromatic rings. The third-order valence-corrected chi connectivity index (χ3v) is 1.92. The molecule has 0 atom stereocenters. The van der Waals surface area contributed by atoms with E-state index in [2.05, 4.69) is 5.32 Å². The summed E-state index contributed by atoms with van der Waals surface area (Å²) in [4.78, 5) is 0. The number of nitrogens with one attached hydrogen (secondary N) is 1. The number of hydrogen-bond donors (Lipinski definition) is 1. The Hall–Kier alpha value is -1.70. The fourth-order valence-electron chi connectivity index (χ4n) is 1.33. The number of para-hydroxylation sites is 1. The first kappa shape index (κ1) is 12.4. The number of halogens is 3. The summed E-state index contributed by atoms with van der Waals surface area (Å²) in [6, 6.07) is 5.13. The molecule has 0 radical (unpaired) electrons. The molecule has 0 unspecified atom stereocenters. The van der Waals surface area contributed by atoms with Gasteiger partial charge in [0.25, 0.3) is 0 Å². The van der Waals surface area contributed by atoms with Crippen LogP contribution in [-0.4, -0.2) is 6.04 Å². The Labute approximate surface area is 91.7 Å². The van der Waals surface area contributed by atoms with Gasteiger partial charge in [-0.05, 0) is 26.0 Å². The molecule has 1 rings (SSSR count). The second-order valence-electron chi connectivity index (χ2n) is 3.64. The standard InChI is InChI=1S/C11H11F3N2/c1-7(2)16-10-8(6-15)4-3-5-9(10)11(12,13)14/h3-5,7,16H,1-2H3. The van der Waals surface area contributed by atoms with Gasteiger partial charge in [-0.1, -0.05) is 6.07 Å². The van der Waals surface area contributed by atoms with Gasteiger partial charge in [0.05, 0.1) is 16.8 Å². The van der Waals surface area contributed by atoms with Gasteiger partial charge in [0.1, 0.15) is 6.07 Å². The van der Waals surface area contributed by atoms with Gasteiger partial charge in [0.15, 0.2) is 0 Å². The van der Waals surface area contributed by atoms with E-state index >= 15 is 0 Å². The molecule has 0 amide bonds. The van der Waals surface area contributed by atoms with E-state index in [1.165, 1.54) is 12.1 Å². The number of rotatable bonds is 2. The quantitative estimate of drug-likeness (QED) is 0.842. The van der Waals surface area contributed by atoms with Crippen molar-refractivity contribution in [1.29, 1.82) is 5.26 Å². The van der Waals surface area contributed by atoms with E-state index in [0.717, 1.165) is 6.07 Å². The summed E-state index contributed by atoms with van der Waals surface area (Å²) in [6.07, 6.45) is -4.45. The molecular weight excluding hydrogens is 217 g/mol. The molecular formula is C11H11F3N2. The average Bonchev–Trinajstić information content (AvgIpc) is 2.15. The van der Waals surface area contributed by atoms with Crippen LogP contribution >= 0.6 is 0 Å². The van der Waals surface area contributed by atoms with Gasteiger partial charge >= 0.3 is 6.18 Å². The average molecular weight is 228 g/mol. The summed E-state index contributed by atoms with van der Waals surface area (Å²) < 4.78 is 38.0. The van der Waals surface area contributed by atoms with E-state index in [-0.39, 0.29) is 17.3 Å². The molecule has 0 aliphatic rings. The highest BCUT2D eigenvalue weighted by atomic mass is 19.4. The molecule has 5 heteroatoms. The number of nitriles is 1. The van der Waals surface area contributed by atoms with Crippen molar-refractivity contribution in [2.45, 2.75) is 26.1 Å². The van der Waals surface area contributed by atoms with Crippen LogP contribution in [0.15, 0.2) is 18.2 Å². The fraction of sp³-hybridized carbons (Fsp3) is 0.364. The third-order valence-electron chi connectivity index (χ3n) is 1.92. The topological polar surface area (TPSA) is 35.8 Å². The highest BCUT2D eigenvalue weighted by molar-refractivity contribution is 5.63. The maximum absolute atomic E-state index is 12.7. The minimum atomic E-state index is -4.45. The Bertz CT molecular complexity index is 416. The van der Waals surface area contributed by atoms with Gasteiger partial charge < -0.3 is 5.32 Å². The lowest BCUT2D eigenvalue weighted by atomic mass is 10.1. The summed E-state index contributed by atoms with van der Waals surface area (Å²) in [5.74, 6) is 0. The second kappa shape index (κ2) is 4.44. The lowest BCUT2D eigenvalue weighted by Gasteiger charge is -2.17. The summed E-state index contributed by atoms with van der Waals surface area (Å²) in [7, 11) is 0. The van der Waals surface area contributed by atoms with Crippen LogP contribution in [0.3, 0.4) is 0 Å². The largest absolute Gasteiger partial charge is 0.418 e. The van der Waals surface area contributed by atoms with Gasteiger partial charge in [-0.25, -0.2) is 0 Å². The number of alkyl halides is 3. The smallest absolute Gasteiger partial charge is 0.381 e. The molecule has 1 aromatic carbocycles. The van der Waals surface area contributed by atoms with Crippen molar-refractivity contribution in [2.75, 3.05) is 5.32 Å². The van der Waals surface area contributed by atoms with E-state index in [9.17, 15) is 13.2 Å². The molecule has 0 aliphatic heterocycles. The van der Waals surface area contributed by atoms with E-state index in [4.69, 9.17) is 5.26 Å². The maximum atomic E-state index is 12.7. The van der Waals surface area contributed by atoms with E-state index in [1.807, 2.05) is 0 Å². The van der Waals surface area contributed by atoms with Crippen LogP contribution in [0, 0.1) is 11.3 Å². The highest BCUT2D eigenvalue weighted by Crippen LogP contribution is 2.36. The lowest BCUT2D eigenvalue weighted by Crippen LogP contribution is -2.17. The summed E-state index contributed by atoms with van der Waals surface area (Å²) in [5, 5.41) is 11.4. The molecule has 2 nitrogen and oxygen atoms in total. The Balaban J connectivity index is 3.33.